The molecule has 178 valence electrons. The molecule has 0 saturated carbocycles. The molecule has 2 aliphatic heterocycles. The van der Waals surface area contributed by atoms with Gasteiger partial charge in [-0.3, -0.25) is 9.59 Å². The third-order valence-electron chi connectivity index (χ3n) is 7.11. The topological polar surface area (TPSA) is 66.4 Å². The number of nitrogens with zero attached hydrogens (tertiary/aromatic N) is 2. The molecule has 3 heterocycles. The molecule has 1 unspecified atom stereocenters. The molecule has 2 aliphatic rings. The summed E-state index contributed by atoms with van der Waals surface area (Å²) in [7, 11) is 0. The van der Waals surface area contributed by atoms with Gasteiger partial charge in [0, 0.05) is 40.1 Å². The van der Waals surface area contributed by atoms with Crippen LogP contribution < -0.4 is 10.6 Å². The molecule has 1 fully saturated rings. The first-order valence-corrected chi connectivity index (χ1v) is 13.0. The number of rotatable bonds is 6. The number of aromatic nitrogens is 1. The number of amides is 2. The molecule has 1 aromatic heterocycles. The minimum absolute atomic E-state index is 0.00433. The minimum atomic E-state index is -0.0402. The number of benzene rings is 2. The number of likely N-dealkylation sites (tertiary alicyclic amines) is 1. The van der Waals surface area contributed by atoms with Crippen LogP contribution in [0, 0.1) is 0 Å². The van der Waals surface area contributed by atoms with Crippen LogP contribution in [0.3, 0.4) is 0 Å². The largest absolute Gasteiger partial charge is 0.355 e. The van der Waals surface area contributed by atoms with Crippen molar-refractivity contribution in [2.45, 2.75) is 51.6 Å². The van der Waals surface area contributed by atoms with Crippen molar-refractivity contribution in [3.05, 3.63) is 52.5 Å². The van der Waals surface area contributed by atoms with E-state index in [1.165, 1.54) is 25.8 Å². The summed E-state index contributed by atoms with van der Waals surface area (Å²) in [5.41, 5.74) is 4.60. The zero-order valence-electron chi connectivity index (χ0n) is 19.6. The van der Waals surface area contributed by atoms with Crippen LogP contribution in [0.1, 0.15) is 38.2 Å². The Morgan fingerprint density at radius 1 is 1.21 bits per heavy atom. The lowest BCUT2D eigenvalue weighted by atomic mass is 10.0. The molecule has 34 heavy (non-hydrogen) atoms. The lowest BCUT2D eigenvalue weighted by Crippen LogP contribution is -2.39. The first-order chi connectivity index (χ1) is 16.5. The van der Waals surface area contributed by atoms with Gasteiger partial charge in [0.15, 0.2) is 0 Å². The van der Waals surface area contributed by atoms with E-state index < -0.39 is 0 Å². The van der Waals surface area contributed by atoms with Crippen molar-refractivity contribution in [2.75, 3.05) is 25.0 Å². The van der Waals surface area contributed by atoms with Gasteiger partial charge < -0.3 is 20.1 Å². The fourth-order valence-corrected chi connectivity index (χ4v) is 5.76. The summed E-state index contributed by atoms with van der Waals surface area (Å²) in [6.45, 7) is 5.38. The Balaban J connectivity index is 1.39. The summed E-state index contributed by atoms with van der Waals surface area (Å²) >= 11 is 3.57. The van der Waals surface area contributed by atoms with Crippen LogP contribution in [0.15, 0.2) is 46.9 Å². The van der Waals surface area contributed by atoms with E-state index in [0.717, 1.165) is 50.8 Å². The molecular formula is C27H31BrN4O2. The van der Waals surface area contributed by atoms with Crippen LogP contribution in [0.25, 0.3) is 22.2 Å². The maximum absolute atomic E-state index is 13.0. The van der Waals surface area contributed by atoms with Crippen LogP contribution in [0.5, 0.6) is 0 Å². The molecule has 0 spiro atoms. The SMILES string of the molecule is CC1CCCCN1CCCNC(=O)Cn1c2c(c3cc(Br)ccc31)CC(=O)Nc1ccccc1-2. The maximum atomic E-state index is 13.0. The van der Waals surface area contributed by atoms with E-state index in [4.69, 9.17) is 0 Å². The number of nitrogens with one attached hydrogen (secondary N) is 2. The van der Waals surface area contributed by atoms with Crippen LogP contribution in [0.2, 0.25) is 0 Å². The van der Waals surface area contributed by atoms with Crippen molar-refractivity contribution in [1.82, 2.24) is 14.8 Å². The van der Waals surface area contributed by atoms with Gasteiger partial charge in [0.2, 0.25) is 11.8 Å². The van der Waals surface area contributed by atoms with Crippen LogP contribution in [0.4, 0.5) is 5.69 Å². The second-order valence-corrected chi connectivity index (χ2v) is 10.3. The molecule has 6 nitrogen and oxygen atoms in total. The average Bonchev–Trinajstić information content (AvgIpc) is 3.00. The molecule has 0 radical (unpaired) electrons. The van der Waals surface area contributed by atoms with E-state index in [2.05, 4.69) is 43.0 Å². The van der Waals surface area contributed by atoms with E-state index in [1.807, 2.05) is 42.5 Å². The van der Waals surface area contributed by atoms with Crippen LogP contribution >= 0.6 is 15.9 Å². The van der Waals surface area contributed by atoms with Gasteiger partial charge in [0.05, 0.1) is 17.8 Å². The van der Waals surface area contributed by atoms with Crippen molar-refractivity contribution in [1.29, 1.82) is 0 Å². The molecule has 5 rings (SSSR count). The lowest BCUT2D eigenvalue weighted by molar-refractivity contribution is -0.121. The number of carbonyl (C=O) groups is 2. The first kappa shape index (κ1) is 23.1. The van der Waals surface area contributed by atoms with E-state index in [9.17, 15) is 9.59 Å². The maximum Gasteiger partial charge on any atom is 0.239 e. The fraction of sp³-hybridized carbons (Fsp3) is 0.407. The monoisotopic (exact) mass is 522 g/mol. The molecule has 2 aromatic carbocycles. The third kappa shape index (κ3) is 4.64. The highest BCUT2D eigenvalue weighted by atomic mass is 79.9. The predicted molar refractivity (Wildman–Crippen MR) is 140 cm³/mol. The van der Waals surface area contributed by atoms with Crippen molar-refractivity contribution in [3.8, 4) is 11.3 Å². The smallest absolute Gasteiger partial charge is 0.239 e. The molecule has 2 N–H and O–H groups in total. The van der Waals surface area contributed by atoms with Gasteiger partial charge in [-0.2, -0.15) is 0 Å². The van der Waals surface area contributed by atoms with Gasteiger partial charge in [0.25, 0.3) is 0 Å². The number of piperidine rings is 1. The number of para-hydroxylation sites is 1. The number of hydrogen-bond donors (Lipinski definition) is 2. The van der Waals surface area contributed by atoms with Crippen molar-refractivity contribution in [2.24, 2.45) is 0 Å². The summed E-state index contributed by atoms with van der Waals surface area (Å²) in [5.74, 6) is -0.0445. The Bertz CT molecular complexity index is 1230. The molecule has 0 bridgehead atoms. The molecule has 7 heteroatoms. The Hall–Kier alpha value is -2.64. The van der Waals surface area contributed by atoms with Gasteiger partial charge in [-0.1, -0.05) is 40.5 Å². The quantitative estimate of drug-likeness (QED) is 0.450. The van der Waals surface area contributed by atoms with E-state index in [1.54, 1.807) is 0 Å². The number of fused-ring (bicyclic) bond motifs is 5. The third-order valence-corrected chi connectivity index (χ3v) is 7.60. The Morgan fingerprint density at radius 2 is 2.06 bits per heavy atom. The van der Waals surface area contributed by atoms with Crippen LogP contribution in [-0.2, 0) is 22.6 Å². The highest BCUT2D eigenvalue weighted by Gasteiger charge is 2.27. The Kier molecular flexibility index (Phi) is 6.75. The summed E-state index contributed by atoms with van der Waals surface area (Å²) in [4.78, 5) is 28.3. The lowest BCUT2D eigenvalue weighted by Gasteiger charge is -2.33. The summed E-state index contributed by atoms with van der Waals surface area (Å²) < 4.78 is 3.02. The summed E-state index contributed by atoms with van der Waals surface area (Å²) in [6.07, 6.45) is 5.10. The minimum Gasteiger partial charge on any atom is -0.355 e. The fourth-order valence-electron chi connectivity index (χ4n) is 5.40. The molecule has 1 atom stereocenters. The normalized spacial score (nSPS) is 18.2. The average molecular weight is 523 g/mol. The van der Waals surface area contributed by atoms with Gasteiger partial charge in [0.1, 0.15) is 6.54 Å². The van der Waals surface area contributed by atoms with Gasteiger partial charge in [-0.25, -0.2) is 0 Å². The summed E-state index contributed by atoms with van der Waals surface area (Å²) in [6, 6.07) is 14.5. The van der Waals surface area contributed by atoms with Gasteiger partial charge >= 0.3 is 0 Å². The highest BCUT2D eigenvalue weighted by molar-refractivity contribution is 9.10. The second kappa shape index (κ2) is 9.92. The van der Waals surface area contributed by atoms with E-state index in [0.29, 0.717) is 12.6 Å². The highest BCUT2D eigenvalue weighted by Crippen LogP contribution is 2.40. The zero-order valence-corrected chi connectivity index (χ0v) is 21.2. The Morgan fingerprint density at radius 3 is 2.91 bits per heavy atom. The van der Waals surface area contributed by atoms with Crippen molar-refractivity contribution >= 4 is 44.3 Å². The van der Waals surface area contributed by atoms with Crippen LogP contribution in [-0.4, -0.2) is 47.0 Å². The van der Waals surface area contributed by atoms with Crippen molar-refractivity contribution in [3.63, 3.8) is 0 Å². The van der Waals surface area contributed by atoms with E-state index >= 15 is 0 Å². The molecule has 3 aromatic rings. The number of hydrogen-bond acceptors (Lipinski definition) is 3. The second-order valence-electron chi connectivity index (χ2n) is 9.43. The zero-order chi connectivity index (χ0) is 23.7. The number of halogens is 1. The molecule has 1 saturated heterocycles. The molecule has 2 amide bonds. The number of anilines is 1. The molecular weight excluding hydrogens is 492 g/mol. The van der Waals surface area contributed by atoms with E-state index in [-0.39, 0.29) is 24.8 Å². The predicted octanol–water partition coefficient (Wildman–Crippen LogP) is 4.95. The van der Waals surface area contributed by atoms with Crippen molar-refractivity contribution < 1.29 is 9.59 Å². The van der Waals surface area contributed by atoms with Gasteiger partial charge in [-0.15, -0.1) is 0 Å². The Labute approximate surface area is 208 Å². The molecule has 0 aliphatic carbocycles. The standard InChI is InChI=1S/C27H31BrN4O2/c1-18-7-4-5-13-31(18)14-6-12-29-26(34)17-32-24-11-10-19(28)15-21(24)22-16-25(33)30-23-9-3-2-8-20(23)27(22)32/h2-3,8-11,15,18H,4-7,12-14,16-17H2,1H3,(H,29,34)(H,30,33). The van der Waals surface area contributed by atoms with Gasteiger partial charge in [-0.05, 0) is 62.6 Å². The summed E-state index contributed by atoms with van der Waals surface area (Å²) in [5, 5.41) is 7.15. The number of carbonyl (C=O) groups excluding carboxylic acids is 2. The first-order valence-electron chi connectivity index (χ1n) is 12.2.